The van der Waals surface area contributed by atoms with Crippen molar-refractivity contribution >= 4 is 25.7 Å². The number of ether oxygens (including phenoxy) is 2. The minimum absolute atomic E-state index is 0.0389. The number of hydrogen-bond acceptors (Lipinski definition) is 10. The summed E-state index contributed by atoms with van der Waals surface area (Å²) < 4.78 is 32.6. The second kappa shape index (κ2) is 43.6. The first-order valence-corrected chi connectivity index (χ1v) is 24.9. The molecule has 63 heavy (non-hydrogen) atoms. The van der Waals surface area contributed by atoms with E-state index in [9.17, 15) is 28.9 Å². The lowest BCUT2D eigenvalue weighted by Gasteiger charge is -2.20. The summed E-state index contributed by atoms with van der Waals surface area (Å²) in [7, 11) is -4.79. The zero-order chi connectivity index (χ0) is 46.5. The number of phosphoric ester groups is 1. The first kappa shape index (κ1) is 59.4. The molecule has 0 rings (SSSR count). The number of aliphatic carboxylic acids is 1. The average molecular weight is 904 g/mol. The van der Waals surface area contributed by atoms with Crippen molar-refractivity contribution in [3.8, 4) is 0 Å². The minimum atomic E-state index is -4.79. The molecule has 0 bridgehead atoms. The molecule has 0 spiro atoms. The molecule has 358 valence electrons. The Morgan fingerprint density at radius 2 is 1.08 bits per heavy atom. The van der Waals surface area contributed by atoms with Crippen LogP contribution >= 0.6 is 7.82 Å². The van der Waals surface area contributed by atoms with Crippen LogP contribution in [0.3, 0.4) is 0 Å². The Morgan fingerprint density at radius 3 is 1.63 bits per heavy atom. The molecular formula is C50H82NO11P. The van der Waals surface area contributed by atoms with Crippen LogP contribution in [0, 0.1) is 0 Å². The zero-order valence-corrected chi connectivity index (χ0v) is 39.4. The van der Waals surface area contributed by atoms with E-state index < -0.39 is 63.8 Å². The maximum absolute atomic E-state index is 12.7. The lowest BCUT2D eigenvalue weighted by molar-refractivity contribution is -0.161. The molecule has 0 amide bonds. The smallest absolute Gasteiger partial charge is 0.472 e. The Labute approximate surface area is 379 Å². The van der Waals surface area contributed by atoms with Crippen molar-refractivity contribution in [1.82, 2.24) is 0 Å². The van der Waals surface area contributed by atoms with Gasteiger partial charge in [-0.1, -0.05) is 169 Å². The van der Waals surface area contributed by atoms with Gasteiger partial charge in [0.1, 0.15) is 12.6 Å². The summed E-state index contributed by atoms with van der Waals surface area (Å²) in [6, 6.07) is -1.56. The maximum atomic E-state index is 12.7. The molecule has 4 atom stereocenters. The predicted molar refractivity (Wildman–Crippen MR) is 255 cm³/mol. The third-order valence-electron chi connectivity index (χ3n) is 9.43. The lowest BCUT2D eigenvalue weighted by atomic mass is 10.1. The summed E-state index contributed by atoms with van der Waals surface area (Å²) in [5.74, 6) is -2.71. The van der Waals surface area contributed by atoms with E-state index in [1.165, 1.54) is 51.4 Å². The largest absolute Gasteiger partial charge is 0.480 e. The van der Waals surface area contributed by atoms with Crippen molar-refractivity contribution < 1.29 is 52.6 Å². The number of rotatable bonds is 42. The van der Waals surface area contributed by atoms with Gasteiger partial charge in [0.2, 0.25) is 0 Å². The van der Waals surface area contributed by atoms with Gasteiger partial charge in [0.15, 0.2) is 6.10 Å². The number of hydrogen-bond donors (Lipinski definition) is 4. The Balaban J connectivity index is 4.56. The van der Waals surface area contributed by atoms with E-state index in [2.05, 4.69) is 91.3 Å². The van der Waals surface area contributed by atoms with Gasteiger partial charge >= 0.3 is 25.7 Å². The van der Waals surface area contributed by atoms with Crippen LogP contribution in [0.5, 0.6) is 0 Å². The van der Waals surface area contributed by atoms with Crippen LogP contribution in [0.2, 0.25) is 0 Å². The van der Waals surface area contributed by atoms with Gasteiger partial charge in [-0.2, -0.15) is 0 Å². The second-order valence-corrected chi connectivity index (χ2v) is 16.8. The summed E-state index contributed by atoms with van der Waals surface area (Å²) in [6.45, 7) is 2.41. The summed E-state index contributed by atoms with van der Waals surface area (Å²) >= 11 is 0. The number of aliphatic hydroxyl groups is 1. The molecule has 0 saturated heterocycles. The molecule has 0 aromatic carbocycles. The van der Waals surface area contributed by atoms with Crippen molar-refractivity contribution in [1.29, 1.82) is 0 Å². The van der Waals surface area contributed by atoms with E-state index in [1.807, 2.05) is 6.08 Å². The molecule has 0 aliphatic carbocycles. The number of esters is 2. The summed E-state index contributed by atoms with van der Waals surface area (Å²) in [4.78, 5) is 46.1. The van der Waals surface area contributed by atoms with E-state index in [0.717, 1.165) is 70.6 Å². The number of carbonyl (C=O) groups is 3. The van der Waals surface area contributed by atoms with E-state index >= 15 is 0 Å². The molecule has 0 radical (unpaired) electrons. The van der Waals surface area contributed by atoms with Gasteiger partial charge in [0.25, 0.3) is 0 Å². The zero-order valence-electron chi connectivity index (χ0n) is 38.5. The monoisotopic (exact) mass is 904 g/mol. The minimum Gasteiger partial charge on any atom is -0.480 e. The highest BCUT2D eigenvalue weighted by Crippen LogP contribution is 2.43. The maximum Gasteiger partial charge on any atom is 0.472 e. The number of aliphatic hydroxyl groups excluding tert-OH is 1. The third-order valence-corrected chi connectivity index (χ3v) is 10.4. The highest BCUT2D eigenvalue weighted by molar-refractivity contribution is 7.47. The topological polar surface area (TPSA) is 192 Å². The fourth-order valence-electron chi connectivity index (χ4n) is 5.73. The molecule has 13 heteroatoms. The number of unbranched alkanes of at least 4 members (excludes halogenated alkanes) is 12. The van der Waals surface area contributed by atoms with Crippen LogP contribution in [0.1, 0.15) is 162 Å². The van der Waals surface area contributed by atoms with Crippen molar-refractivity contribution in [3.05, 3.63) is 97.2 Å². The lowest BCUT2D eigenvalue weighted by Crippen LogP contribution is -2.34. The highest BCUT2D eigenvalue weighted by atomic mass is 31.2. The van der Waals surface area contributed by atoms with Crippen molar-refractivity contribution in [3.63, 3.8) is 0 Å². The molecule has 0 aromatic rings. The number of carbonyl (C=O) groups excluding carboxylic acids is 2. The van der Waals surface area contributed by atoms with Crippen LogP contribution in [-0.2, 0) is 37.5 Å². The number of allylic oxidation sites excluding steroid dienone is 15. The molecule has 12 nitrogen and oxygen atoms in total. The van der Waals surface area contributed by atoms with Crippen LogP contribution in [0.15, 0.2) is 97.2 Å². The second-order valence-electron chi connectivity index (χ2n) is 15.4. The highest BCUT2D eigenvalue weighted by Gasteiger charge is 2.28. The molecule has 0 aliphatic heterocycles. The first-order chi connectivity index (χ1) is 30.5. The quantitative estimate of drug-likeness (QED) is 0.0149. The number of phosphoric acid groups is 1. The van der Waals surface area contributed by atoms with Crippen LogP contribution in [0.4, 0.5) is 0 Å². The molecule has 0 fully saturated rings. The molecule has 0 heterocycles. The average Bonchev–Trinajstić information content (AvgIpc) is 3.26. The van der Waals surface area contributed by atoms with Crippen molar-refractivity contribution in [2.45, 2.75) is 180 Å². The first-order valence-electron chi connectivity index (χ1n) is 23.4. The fourth-order valence-corrected chi connectivity index (χ4v) is 6.51. The third kappa shape index (κ3) is 43.4. The SMILES string of the molecule is CC/C=C\C/C=C\C/C=C\C/C=C\C/C=C\C=C/C(O)CCC(=O)O[C@H](COC(=O)CCCCCCCCCCC/C=C\C/C=C\CCCCC)COP(=O)(O)OC[C@H](N)C(=O)O. The number of nitrogens with two attached hydrogens (primary N) is 1. The van der Waals surface area contributed by atoms with Gasteiger partial charge in [0.05, 0.1) is 19.3 Å². The summed E-state index contributed by atoms with van der Waals surface area (Å²) in [5, 5.41) is 19.2. The van der Waals surface area contributed by atoms with Crippen molar-refractivity contribution in [2.24, 2.45) is 5.73 Å². The standard InChI is InChI=1S/C50H82NO11P/c1-3-5-7-9-11-13-15-17-19-21-22-23-25-27-29-31-33-35-37-39-48(53)59-42-46(43-60-63(57,58)61-44-47(51)50(55)56)62-49(54)41-40-45(52)38-36-34-32-30-28-26-24-20-18-16-14-12-10-8-6-4-2/h6,8,11-14,17-20,26,28,32,34,36,38,45-47,52H,3-5,7,9-10,15-16,21-25,27,29-31,33,35,37,39-44,51H2,1-2H3,(H,55,56)(H,57,58)/b8-6-,13-11-,14-12-,19-17-,20-18-,28-26-,34-32-,38-36-/t45?,46-,47+/m1/s1. The molecule has 5 N–H and O–H groups in total. The molecule has 0 aromatic heterocycles. The van der Waals surface area contributed by atoms with Crippen LogP contribution in [0.25, 0.3) is 0 Å². The summed E-state index contributed by atoms with van der Waals surface area (Å²) in [5.41, 5.74) is 5.33. The number of carboxylic acid groups (broad SMARTS) is 1. The van der Waals surface area contributed by atoms with Gasteiger partial charge in [-0.15, -0.1) is 0 Å². The van der Waals surface area contributed by atoms with E-state index in [4.69, 9.17) is 24.8 Å². The Hall–Kier alpha value is -3.64. The van der Waals surface area contributed by atoms with Crippen LogP contribution < -0.4 is 5.73 Å². The van der Waals surface area contributed by atoms with Gasteiger partial charge in [0, 0.05) is 12.8 Å². The normalized spacial score (nSPS) is 15.0. The van der Waals surface area contributed by atoms with Crippen LogP contribution in [-0.4, -0.2) is 71.1 Å². The molecular weight excluding hydrogens is 822 g/mol. The van der Waals surface area contributed by atoms with E-state index in [1.54, 1.807) is 18.2 Å². The van der Waals surface area contributed by atoms with Gasteiger partial charge in [-0.05, 0) is 77.0 Å². The fraction of sp³-hybridized carbons (Fsp3) is 0.620. The molecule has 0 saturated carbocycles. The summed E-state index contributed by atoms with van der Waals surface area (Å²) in [6.07, 6.45) is 52.2. The van der Waals surface area contributed by atoms with Gasteiger partial charge < -0.3 is 30.3 Å². The predicted octanol–water partition coefficient (Wildman–Crippen LogP) is 11.8. The number of carboxylic acids is 1. The molecule has 0 aliphatic rings. The van der Waals surface area contributed by atoms with Gasteiger partial charge in [-0.25, -0.2) is 4.57 Å². The van der Waals surface area contributed by atoms with Gasteiger partial charge in [-0.3, -0.25) is 23.4 Å². The Morgan fingerprint density at radius 1 is 0.587 bits per heavy atom. The van der Waals surface area contributed by atoms with E-state index in [-0.39, 0.29) is 19.3 Å². The van der Waals surface area contributed by atoms with E-state index in [0.29, 0.717) is 6.42 Å². The Bertz CT molecular complexity index is 1450. The Kier molecular flexibility index (Phi) is 41.1. The molecule has 2 unspecified atom stereocenters. The van der Waals surface area contributed by atoms with Crippen molar-refractivity contribution in [2.75, 3.05) is 19.8 Å².